The first-order valence-corrected chi connectivity index (χ1v) is 7.79. The molecule has 1 fully saturated rings. The number of aliphatic hydroxyl groups excluding tert-OH is 1. The van der Waals surface area contributed by atoms with Crippen LogP contribution in [0, 0.1) is 0 Å². The number of piperazine rings is 1. The molecule has 0 aromatic heterocycles. The van der Waals surface area contributed by atoms with Crippen LogP contribution in [-0.4, -0.2) is 54.2 Å². The Morgan fingerprint density at radius 1 is 1.25 bits per heavy atom. The fourth-order valence-electron chi connectivity index (χ4n) is 2.97. The van der Waals surface area contributed by atoms with Crippen molar-refractivity contribution in [3.63, 3.8) is 0 Å². The summed E-state index contributed by atoms with van der Waals surface area (Å²) in [7, 11) is 2.16. The zero-order valence-electron chi connectivity index (χ0n) is 13.0. The summed E-state index contributed by atoms with van der Waals surface area (Å²) in [6.45, 7) is 8.39. The summed E-state index contributed by atoms with van der Waals surface area (Å²) in [5.41, 5.74) is 2.40. The van der Waals surface area contributed by atoms with E-state index in [4.69, 9.17) is 0 Å². The van der Waals surface area contributed by atoms with Crippen molar-refractivity contribution >= 4 is 0 Å². The van der Waals surface area contributed by atoms with Crippen molar-refractivity contribution in [2.45, 2.75) is 38.8 Å². The molecule has 2 atom stereocenters. The standard InChI is InChI=1S/C17H28N2O/c1-4-5-15-6-8-16(9-7-15)17(20)13-19-11-10-18(3)12-14(19)2/h6-9,14,17,20H,4-5,10-13H2,1-3H3. The van der Waals surface area contributed by atoms with Crippen LogP contribution in [0.2, 0.25) is 0 Å². The van der Waals surface area contributed by atoms with E-state index in [1.165, 1.54) is 12.0 Å². The number of likely N-dealkylation sites (N-methyl/N-ethyl adjacent to an activating group) is 1. The molecule has 1 heterocycles. The van der Waals surface area contributed by atoms with Gasteiger partial charge in [0.1, 0.15) is 0 Å². The van der Waals surface area contributed by atoms with Gasteiger partial charge in [-0.05, 0) is 31.5 Å². The van der Waals surface area contributed by atoms with Crippen molar-refractivity contribution in [1.82, 2.24) is 9.80 Å². The second kappa shape index (κ2) is 7.21. The van der Waals surface area contributed by atoms with Gasteiger partial charge in [-0.3, -0.25) is 4.90 Å². The van der Waals surface area contributed by atoms with Crippen LogP contribution in [0.25, 0.3) is 0 Å². The molecule has 0 amide bonds. The first-order chi connectivity index (χ1) is 9.60. The summed E-state index contributed by atoms with van der Waals surface area (Å²) in [6, 6.07) is 8.97. The number of benzene rings is 1. The Hall–Kier alpha value is -0.900. The van der Waals surface area contributed by atoms with E-state index in [2.05, 4.69) is 55.0 Å². The van der Waals surface area contributed by atoms with E-state index < -0.39 is 0 Å². The molecule has 1 N–H and O–H groups in total. The SMILES string of the molecule is CCCc1ccc(C(O)CN2CCN(C)CC2C)cc1. The first kappa shape index (κ1) is 15.5. The average molecular weight is 276 g/mol. The van der Waals surface area contributed by atoms with Crippen LogP contribution < -0.4 is 0 Å². The highest BCUT2D eigenvalue weighted by Crippen LogP contribution is 2.18. The monoisotopic (exact) mass is 276 g/mol. The fourth-order valence-corrected chi connectivity index (χ4v) is 2.97. The molecule has 1 aromatic carbocycles. The topological polar surface area (TPSA) is 26.7 Å². The summed E-state index contributed by atoms with van der Waals surface area (Å²) in [6.07, 6.45) is 1.91. The van der Waals surface area contributed by atoms with Crippen LogP contribution in [0.3, 0.4) is 0 Å². The summed E-state index contributed by atoms with van der Waals surface area (Å²) in [4.78, 5) is 4.75. The Morgan fingerprint density at radius 2 is 1.95 bits per heavy atom. The Kier molecular flexibility index (Phi) is 5.58. The minimum absolute atomic E-state index is 0.378. The van der Waals surface area contributed by atoms with Crippen LogP contribution in [0.5, 0.6) is 0 Å². The predicted octanol–water partition coefficient (Wildman–Crippen LogP) is 2.31. The maximum absolute atomic E-state index is 10.4. The Labute approximate surface area is 123 Å². The highest BCUT2D eigenvalue weighted by Gasteiger charge is 2.23. The number of hydrogen-bond acceptors (Lipinski definition) is 3. The Bertz CT molecular complexity index is 404. The Balaban J connectivity index is 1.92. The lowest BCUT2D eigenvalue weighted by Gasteiger charge is -2.39. The van der Waals surface area contributed by atoms with Crippen molar-refractivity contribution in [2.75, 3.05) is 33.2 Å². The molecule has 0 saturated carbocycles. The third kappa shape index (κ3) is 4.05. The van der Waals surface area contributed by atoms with E-state index in [-0.39, 0.29) is 6.10 Å². The van der Waals surface area contributed by atoms with Gasteiger partial charge in [-0.15, -0.1) is 0 Å². The van der Waals surface area contributed by atoms with Gasteiger partial charge < -0.3 is 10.0 Å². The van der Waals surface area contributed by atoms with Gasteiger partial charge in [0.05, 0.1) is 6.10 Å². The number of hydrogen-bond donors (Lipinski definition) is 1. The second-order valence-corrected chi connectivity index (χ2v) is 6.11. The molecule has 1 aliphatic heterocycles. The normalized spacial score (nSPS) is 22.9. The summed E-state index contributed by atoms with van der Waals surface area (Å²) in [5.74, 6) is 0. The van der Waals surface area contributed by atoms with Gasteiger partial charge in [-0.25, -0.2) is 0 Å². The third-order valence-electron chi connectivity index (χ3n) is 4.28. The molecule has 1 aliphatic rings. The van der Waals surface area contributed by atoms with Crippen LogP contribution >= 0.6 is 0 Å². The smallest absolute Gasteiger partial charge is 0.0917 e. The molecule has 1 aromatic rings. The van der Waals surface area contributed by atoms with Gasteiger partial charge in [0.15, 0.2) is 0 Å². The van der Waals surface area contributed by atoms with E-state index in [1.54, 1.807) is 0 Å². The molecular weight excluding hydrogens is 248 g/mol. The molecule has 3 nitrogen and oxygen atoms in total. The molecular formula is C17H28N2O. The van der Waals surface area contributed by atoms with Crippen LogP contribution in [0.4, 0.5) is 0 Å². The maximum atomic E-state index is 10.4. The molecule has 2 unspecified atom stereocenters. The predicted molar refractivity (Wildman–Crippen MR) is 83.9 cm³/mol. The van der Waals surface area contributed by atoms with Gasteiger partial charge in [-0.1, -0.05) is 37.6 Å². The zero-order valence-corrected chi connectivity index (χ0v) is 13.0. The summed E-state index contributed by atoms with van der Waals surface area (Å²) >= 11 is 0. The van der Waals surface area contributed by atoms with Gasteiger partial charge >= 0.3 is 0 Å². The number of β-amino-alcohol motifs (C(OH)–C–C–N with tert-alkyl or cyclic N) is 1. The fraction of sp³-hybridized carbons (Fsp3) is 0.647. The largest absolute Gasteiger partial charge is 0.387 e. The Morgan fingerprint density at radius 3 is 2.55 bits per heavy atom. The van der Waals surface area contributed by atoms with Crippen LogP contribution in [-0.2, 0) is 6.42 Å². The molecule has 112 valence electrons. The number of aryl methyl sites for hydroxylation is 1. The summed E-state index contributed by atoms with van der Waals surface area (Å²) in [5, 5.41) is 10.4. The number of nitrogens with zero attached hydrogens (tertiary/aromatic N) is 2. The highest BCUT2D eigenvalue weighted by molar-refractivity contribution is 5.24. The minimum Gasteiger partial charge on any atom is -0.387 e. The van der Waals surface area contributed by atoms with E-state index in [1.807, 2.05) is 0 Å². The van der Waals surface area contributed by atoms with Gasteiger partial charge in [-0.2, -0.15) is 0 Å². The molecule has 0 radical (unpaired) electrons. The highest BCUT2D eigenvalue weighted by atomic mass is 16.3. The van der Waals surface area contributed by atoms with E-state index in [9.17, 15) is 5.11 Å². The van der Waals surface area contributed by atoms with Crippen molar-refractivity contribution in [1.29, 1.82) is 0 Å². The number of rotatable bonds is 5. The second-order valence-electron chi connectivity index (χ2n) is 6.11. The summed E-state index contributed by atoms with van der Waals surface area (Å²) < 4.78 is 0. The van der Waals surface area contributed by atoms with E-state index >= 15 is 0 Å². The molecule has 0 aliphatic carbocycles. The van der Waals surface area contributed by atoms with Gasteiger partial charge in [0.25, 0.3) is 0 Å². The van der Waals surface area contributed by atoms with E-state index in [0.717, 1.165) is 38.2 Å². The average Bonchev–Trinajstić information content (AvgIpc) is 2.43. The first-order valence-electron chi connectivity index (χ1n) is 7.79. The van der Waals surface area contributed by atoms with Gasteiger partial charge in [0, 0.05) is 32.2 Å². The van der Waals surface area contributed by atoms with E-state index in [0.29, 0.717) is 6.04 Å². The van der Waals surface area contributed by atoms with Gasteiger partial charge in [0.2, 0.25) is 0 Å². The van der Waals surface area contributed by atoms with Crippen molar-refractivity contribution in [3.05, 3.63) is 35.4 Å². The van der Waals surface area contributed by atoms with Crippen molar-refractivity contribution < 1.29 is 5.11 Å². The third-order valence-corrected chi connectivity index (χ3v) is 4.28. The van der Waals surface area contributed by atoms with Crippen LogP contribution in [0.15, 0.2) is 24.3 Å². The molecule has 0 spiro atoms. The maximum Gasteiger partial charge on any atom is 0.0917 e. The lowest BCUT2D eigenvalue weighted by atomic mass is 10.0. The lowest BCUT2D eigenvalue weighted by Crippen LogP contribution is -2.51. The zero-order chi connectivity index (χ0) is 14.5. The number of aliphatic hydroxyl groups is 1. The molecule has 1 saturated heterocycles. The van der Waals surface area contributed by atoms with Crippen molar-refractivity contribution in [2.24, 2.45) is 0 Å². The quantitative estimate of drug-likeness (QED) is 0.894. The lowest BCUT2D eigenvalue weighted by molar-refractivity contribution is 0.0474. The molecule has 2 rings (SSSR count). The molecule has 20 heavy (non-hydrogen) atoms. The molecule has 3 heteroatoms. The molecule has 0 bridgehead atoms. The van der Waals surface area contributed by atoms with Crippen LogP contribution in [0.1, 0.15) is 37.5 Å². The minimum atomic E-state index is -0.378. The van der Waals surface area contributed by atoms with Crippen molar-refractivity contribution in [3.8, 4) is 0 Å².